The normalized spacial score (nSPS) is 10.4. The molecular weight excluding hydrogens is 223 g/mol. The molecule has 1 aromatic heterocycles. The largest absolute Gasteiger partial charge is 0.380 e. The van der Waals surface area contributed by atoms with Crippen LogP contribution in [-0.2, 0) is 6.54 Å². The predicted molar refractivity (Wildman–Crippen MR) is 65.3 cm³/mol. The molecule has 0 aliphatic heterocycles. The Labute approximate surface area is 98.2 Å². The van der Waals surface area contributed by atoms with Gasteiger partial charge in [-0.1, -0.05) is 6.07 Å². The smallest absolute Gasteiger partial charge is 0.128 e. The Morgan fingerprint density at radius 3 is 2.88 bits per heavy atom. The molecule has 16 heavy (non-hydrogen) atoms. The van der Waals surface area contributed by atoms with Crippen LogP contribution in [0.25, 0.3) is 0 Å². The van der Waals surface area contributed by atoms with Gasteiger partial charge >= 0.3 is 0 Å². The predicted octanol–water partition coefficient (Wildman–Crippen LogP) is 3.51. The van der Waals surface area contributed by atoms with E-state index in [1.807, 2.05) is 19.2 Å². The van der Waals surface area contributed by atoms with Gasteiger partial charge in [0.1, 0.15) is 5.82 Å². The highest BCUT2D eigenvalue weighted by atomic mass is 32.1. The van der Waals surface area contributed by atoms with Crippen molar-refractivity contribution in [1.29, 1.82) is 0 Å². The summed E-state index contributed by atoms with van der Waals surface area (Å²) in [6, 6.07) is 5.06. The fourth-order valence-electron chi connectivity index (χ4n) is 1.47. The van der Waals surface area contributed by atoms with Gasteiger partial charge in [-0.3, -0.25) is 0 Å². The fraction of sp³-hybridized carbons (Fsp3) is 0.250. The van der Waals surface area contributed by atoms with Crippen molar-refractivity contribution in [3.63, 3.8) is 0 Å². The van der Waals surface area contributed by atoms with Crippen LogP contribution in [0.5, 0.6) is 0 Å². The van der Waals surface area contributed by atoms with Crippen LogP contribution in [0.4, 0.5) is 10.1 Å². The van der Waals surface area contributed by atoms with Gasteiger partial charge in [0, 0.05) is 22.3 Å². The second-order valence-corrected chi connectivity index (χ2v) is 4.93. The van der Waals surface area contributed by atoms with Crippen molar-refractivity contribution in [2.75, 3.05) is 5.32 Å². The lowest BCUT2D eigenvalue weighted by molar-refractivity contribution is 0.619. The molecule has 2 rings (SSSR count). The molecule has 1 N–H and O–H groups in total. The van der Waals surface area contributed by atoms with E-state index in [1.54, 1.807) is 24.3 Å². The van der Waals surface area contributed by atoms with Crippen molar-refractivity contribution in [3.8, 4) is 0 Å². The number of halogens is 1. The number of aryl methyl sites for hydroxylation is 1. The SMILES string of the molecule is Cc1ncc(CNc2cccc(F)c2C)s1. The highest BCUT2D eigenvalue weighted by Crippen LogP contribution is 2.19. The molecule has 84 valence electrons. The third kappa shape index (κ3) is 2.39. The van der Waals surface area contributed by atoms with Gasteiger partial charge in [-0.25, -0.2) is 9.37 Å². The second kappa shape index (κ2) is 4.61. The summed E-state index contributed by atoms with van der Waals surface area (Å²) in [6.45, 7) is 4.44. The lowest BCUT2D eigenvalue weighted by Gasteiger charge is -2.08. The van der Waals surface area contributed by atoms with Crippen LogP contribution < -0.4 is 5.32 Å². The van der Waals surface area contributed by atoms with E-state index in [1.165, 1.54) is 6.07 Å². The van der Waals surface area contributed by atoms with Gasteiger partial charge < -0.3 is 5.32 Å². The first-order valence-corrected chi connectivity index (χ1v) is 5.89. The molecule has 0 radical (unpaired) electrons. The Morgan fingerprint density at radius 2 is 2.19 bits per heavy atom. The quantitative estimate of drug-likeness (QED) is 0.882. The summed E-state index contributed by atoms with van der Waals surface area (Å²) in [5.74, 6) is -0.175. The van der Waals surface area contributed by atoms with E-state index in [2.05, 4.69) is 10.3 Å². The summed E-state index contributed by atoms with van der Waals surface area (Å²) >= 11 is 1.65. The summed E-state index contributed by atoms with van der Waals surface area (Å²) in [4.78, 5) is 5.33. The monoisotopic (exact) mass is 236 g/mol. The minimum atomic E-state index is -0.175. The van der Waals surface area contributed by atoms with Crippen molar-refractivity contribution in [2.24, 2.45) is 0 Å². The zero-order valence-corrected chi connectivity index (χ0v) is 10.1. The van der Waals surface area contributed by atoms with Crippen molar-refractivity contribution in [3.05, 3.63) is 45.7 Å². The molecule has 0 aliphatic rings. The molecule has 2 nitrogen and oxygen atoms in total. The lowest BCUT2D eigenvalue weighted by Crippen LogP contribution is -2.00. The molecule has 1 heterocycles. The van der Waals surface area contributed by atoms with Gasteiger partial charge in [0.05, 0.1) is 11.6 Å². The molecule has 0 amide bonds. The molecular formula is C12H13FN2S. The van der Waals surface area contributed by atoms with E-state index in [0.717, 1.165) is 15.6 Å². The van der Waals surface area contributed by atoms with Crippen LogP contribution in [0.15, 0.2) is 24.4 Å². The number of hydrogen-bond donors (Lipinski definition) is 1. The van der Waals surface area contributed by atoms with Crippen LogP contribution in [0.1, 0.15) is 15.4 Å². The van der Waals surface area contributed by atoms with Gasteiger partial charge in [0.25, 0.3) is 0 Å². The molecule has 0 saturated carbocycles. The van der Waals surface area contributed by atoms with Crippen LogP contribution in [0.3, 0.4) is 0 Å². The molecule has 2 aromatic rings. The number of anilines is 1. The number of thiazole rings is 1. The van der Waals surface area contributed by atoms with E-state index in [4.69, 9.17) is 0 Å². The summed E-state index contributed by atoms with van der Waals surface area (Å²) in [7, 11) is 0. The molecule has 0 atom stereocenters. The zero-order valence-electron chi connectivity index (χ0n) is 9.25. The van der Waals surface area contributed by atoms with Crippen LogP contribution in [0.2, 0.25) is 0 Å². The van der Waals surface area contributed by atoms with Crippen LogP contribution in [-0.4, -0.2) is 4.98 Å². The molecule has 0 aliphatic carbocycles. The number of aromatic nitrogens is 1. The van der Waals surface area contributed by atoms with E-state index in [0.29, 0.717) is 12.1 Å². The third-order valence-corrected chi connectivity index (χ3v) is 3.30. The summed E-state index contributed by atoms with van der Waals surface area (Å²) < 4.78 is 13.3. The first kappa shape index (κ1) is 11.1. The van der Waals surface area contributed by atoms with Crippen LogP contribution in [0, 0.1) is 19.7 Å². The van der Waals surface area contributed by atoms with Gasteiger partial charge in [0.2, 0.25) is 0 Å². The standard InChI is InChI=1S/C12H13FN2S/c1-8-11(13)4-3-5-12(8)15-7-10-6-14-9(2)16-10/h3-6,15H,7H2,1-2H3. The Balaban J connectivity index is 2.07. The number of rotatable bonds is 3. The minimum Gasteiger partial charge on any atom is -0.380 e. The van der Waals surface area contributed by atoms with Gasteiger partial charge in [-0.15, -0.1) is 11.3 Å². The topological polar surface area (TPSA) is 24.9 Å². The first-order valence-electron chi connectivity index (χ1n) is 5.07. The second-order valence-electron chi connectivity index (χ2n) is 3.61. The maximum atomic E-state index is 13.3. The molecule has 4 heteroatoms. The van der Waals surface area contributed by atoms with Gasteiger partial charge in [0.15, 0.2) is 0 Å². The first-order chi connectivity index (χ1) is 7.66. The van der Waals surface area contributed by atoms with Crippen molar-refractivity contribution < 1.29 is 4.39 Å². The molecule has 0 fully saturated rings. The zero-order chi connectivity index (χ0) is 11.5. The summed E-state index contributed by atoms with van der Waals surface area (Å²) in [5, 5.41) is 4.26. The van der Waals surface area contributed by atoms with Crippen LogP contribution >= 0.6 is 11.3 Å². The Hall–Kier alpha value is -1.42. The van der Waals surface area contributed by atoms with Gasteiger partial charge in [-0.2, -0.15) is 0 Å². The average Bonchev–Trinajstić information content (AvgIpc) is 2.67. The Morgan fingerprint density at radius 1 is 1.38 bits per heavy atom. The molecule has 0 bridgehead atoms. The number of nitrogens with zero attached hydrogens (tertiary/aromatic N) is 1. The maximum absolute atomic E-state index is 13.3. The minimum absolute atomic E-state index is 0.175. The third-order valence-electron chi connectivity index (χ3n) is 2.39. The van der Waals surface area contributed by atoms with E-state index in [9.17, 15) is 4.39 Å². The van der Waals surface area contributed by atoms with Crippen molar-refractivity contribution >= 4 is 17.0 Å². The van der Waals surface area contributed by atoms with Crippen molar-refractivity contribution in [1.82, 2.24) is 4.98 Å². The highest BCUT2D eigenvalue weighted by Gasteiger charge is 2.03. The number of hydrogen-bond acceptors (Lipinski definition) is 3. The summed E-state index contributed by atoms with van der Waals surface area (Å²) in [6.07, 6.45) is 1.85. The van der Waals surface area contributed by atoms with Gasteiger partial charge in [-0.05, 0) is 26.0 Å². The molecule has 0 spiro atoms. The lowest BCUT2D eigenvalue weighted by atomic mass is 10.2. The Kier molecular flexibility index (Phi) is 3.19. The van der Waals surface area contributed by atoms with E-state index >= 15 is 0 Å². The average molecular weight is 236 g/mol. The maximum Gasteiger partial charge on any atom is 0.128 e. The fourth-order valence-corrected chi connectivity index (χ4v) is 2.20. The number of benzene rings is 1. The van der Waals surface area contributed by atoms with E-state index in [-0.39, 0.29) is 5.82 Å². The Bertz CT molecular complexity index is 494. The highest BCUT2D eigenvalue weighted by molar-refractivity contribution is 7.11. The summed E-state index contributed by atoms with van der Waals surface area (Å²) in [5.41, 5.74) is 1.50. The molecule has 1 aromatic carbocycles. The van der Waals surface area contributed by atoms with E-state index < -0.39 is 0 Å². The number of nitrogens with one attached hydrogen (secondary N) is 1. The molecule has 0 unspecified atom stereocenters. The molecule has 0 saturated heterocycles. The van der Waals surface area contributed by atoms with Crippen molar-refractivity contribution in [2.45, 2.75) is 20.4 Å².